The van der Waals surface area contributed by atoms with E-state index in [1.807, 2.05) is 0 Å². The van der Waals surface area contributed by atoms with E-state index in [0.717, 1.165) is 17.8 Å². The Hall–Kier alpha value is -1.04. The quantitative estimate of drug-likeness (QED) is 0.601. The van der Waals surface area contributed by atoms with E-state index in [2.05, 4.69) is 56.4 Å². The third kappa shape index (κ3) is 3.48. The van der Waals surface area contributed by atoms with Crippen LogP contribution in [-0.4, -0.2) is 0 Å². The van der Waals surface area contributed by atoms with Crippen molar-refractivity contribution in [1.29, 1.82) is 0 Å². The molecule has 2 rings (SSSR count). The molecule has 98 valence electrons. The molecule has 0 aromatic rings. The summed E-state index contributed by atoms with van der Waals surface area (Å²) >= 11 is 0. The summed E-state index contributed by atoms with van der Waals surface area (Å²) in [6.07, 6.45) is 22.5. The summed E-state index contributed by atoms with van der Waals surface area (Å²) in [5.74, 6) is 2.31. The summed E-state index contributed by atoms with van der Waals surface area (Å²) in [7, 11) is 0. The maximum Gasteiger partial charge on any atom is -0.0130 e. The monoisotopic (exact) mass is 242 g/mol. The van der Waals surface area contributed by atoms with Gasteiger partial charge in [0.15, 0.2) is 0 Å². The largest absolute Gasteiger partial charge is 0.0842 e. The third-order valence-corrected chi connectivity index (χ3v) is 4.41. The second kappa shape index (κ2) is 6.78. The predicted molar refractivity (Wildman–Crippen MR) is 80.4 cm³/mol. The molecular formula is C18H26. The molecule has 0 heteroatoms. The van der Waals surface area contributed by atoms with Crippen molar-refractivity contribution in [1.82, 2.24) is 0 Å². The fourth-order valence-electron chi connectivity index (χ4n) is 3.03. The molecule has 2 aliphatic carbocycles. The van der Waals surface area contributed by atoms with E-state index in [9.17, 15) is 0 Å². The highest BCUT2D eigenvalue weighted by Gasteiger charge is 2.24. The van der Waals surface area contributed by atoms with Crippen LogP contribution in [0.25, 0.3) is 0 Å². The van der Waals surface area contributed by atoms with Crippen LogP contribution in [0.3, 0.4) is 0 Å². The minimum Gasteiger partial charge on any atom is -0.0842 e. The lowest BCUT2D eigenvalue weighted by atomic mass is 9.74. The van der Waals surface area contributed by atoms with Gasteiger partial charge in [0.2, 0.25) is 0 Å². The Morgan fingerprint density at radius 1 is 1.22 bits per heavy atom. The van der Waals surface area contributed by atoms with E-state index >= 15 is 0 Å². The molecule has 3 unspecified atom stereocenters. The van der Waals surface area contributed by atoms with Crippen molar-refractivity contribution >= 4 is 0 Å². The lowest BCUT2D eigenvalue weighted by Gasteiger charge is -2.30. The Kier molecular flexibility index (Phi) is 5.04. The average Bonchev–Trinajstić information content (AvgIpc) is 2.46. The molecule has 0 aromatic carbocycles. The van der Waals surface area contributed by atoms with Crippen LogP contribution in [0.2, 0.25) is 0 Å². The Labute approximate surface area is 112 Å². The van der Waals surface area contributed by atoms with Crippen LogP contribution in [0.1, 0.15) is 46.0 Å². The maximum atomic E-state index is 2.42. The van der Waals surface area contributed by atoms with Crippen LogP contribution in [0, 0.1) is 17.8 Å². The number of rotatable bonds is 5. The SMILES string of the molecule is CCC(C)CC(C1=CC=CCC1)C1C=CC=CC1. The molecular weight excluding hydrogens is 216 g/mol. The molecule has 0 nitrogen and oxygen atoms in total. The number of hydrogen-bond donors (Lipinski definition) is 0. The van der Waals surface area contributed by atoms with Crippen molar-refractivity contribution in [2.45, 2.75) is 46.0 Å². The van der Waals surface area contributed by atoms with E-state index in [0.29, 0.717) is 0 Å². The first-order chi connectivity index (χ1) is 8.81. The third-order valence-electron chi connectivity index (χ3n) is 4.41. The van der Waals surface area contributed by atoms with Gasteiger partial charge in [0, 0.05) is 0 Å². The first-order valence-electron chi connectivity index (χ1n) is 7.50. The summed E-state index contributed by atoms with van der Waals surface area (Å²) in [5, 5.41) is 0. The molecule has 0 aromatic heterocycles. The maximum absolute atomic E-state index is 2.42. The van der Waals surface area contributed by atoms with Gasteiger partial charge < -0.3 is 0 Å². The van der Waals surface area contributed by atoms with Crippen LogP contribution in [0.4, 0.5) is 0 Å². The van der Waals surface area contributed by atoms with Crippen molar-refractivity contribution in [2.75, 3.05) is 0 Å². The second-order valence-electron chi connectivity index (χ2n) is 5.78. The topological polar surface area (TPSA) is 0 Å². The van der Waals surface area contributed by atoms with Gasteiger partial charge in [-0.15, -0.1) is 0 Å². The fourth-order valence-corrected chi connectivity index (χ4v) is 3.03. The molecule has 0 aliphatic heterocycles. The van der Waals surface area contributed by atoms with Gasteiger partial charge in [0.1, 0.15) is 0 Å². The van der Waals surface area contributed by atoms with E-state index in [1.54, 1.807) is 5.57 Å². The van der Waals surface area contributed by atoms with Gasteiger partial charge in [-0.05, 0) is 43.4 Å². The van der Waals surface area contributed by atoms with Crippen LogP contribution < -0.4 is 0 Å². The first kappa shape index (κ1) is 13.4. The summed E-state index contributed by atoms with van der Waals surface area (Å²) in [6.45, 7) is 4.71. The molecule has 0 amide bonds. The zero-order valence-electron chi connectivity index (χ0n) is 11.8. The minimum absolute atomic E-state index is 0.724. The lowest BCUT2D eigenvalue weighted by molar-refractivity contribution is 0.344. The predicted octanol–water partition coefficient (Wildman–Crippen LogP) is 5.45. The van der Waals surface area contributed by atoms with Crippen molar-refractivity contribution in [3.8, 4) is 0 Å². The minimum atomic E-state index is 0.724. The molecule has 0 bridgehead atoms. The second-order valence-corrected chi connectivity index (χ2v) is 5.78. The Morgan fingerprint density at radius 2 is 2.11 bits per heavy atom. The Balaban J connectivity index is 2.11. The lowest BCUT2D eigenvalue weighted by Crippen LogP contribution is -2.19. The molecule has 2 aliphatic rings. The molecule has 0 spiro atoms. The molecule has 18 heavy (non-hydrogen) atoms. The molecule has 0 N–H and O–H groups in total. The summed E-state index contributed by atoms with van der Waals surface area (Å²) in [5.41, 5.74) is 1.68. The van der Waals surface area contributed by atoms with Crippen molar-refractivity contribution < 1.29 is 0 Å². The molecule has 0 fully saturated rings. The highest BCUT2D eigenvalue weighted by Crippen LogP contribution is 2.36. The van der Waals surface area contributed by atoms with Gasteiger partial charge >= 0.3 is 0 Å². The van der Waals surface area contributed by atoms with Crippen LogP contribution in [0.15, 0.2) is 48.1 Å². The Morgan fingerprint density at radius 3 is 2.72 bits per heavy atom. The smallest absolute Gasteiger partial charge is 0.0130 e. The van der Waals surface area contributed by atoms with E-state index < -0.39 is 0 Å². The molecule has 3 atom stereocenters. The van der Waals surface area contributed by atoms with E-state index in [1.165, 1.54) is 32.1 Å². The average molecular weight is 242 g/mol. The van der Waals surface area contributed by atoms with Crippen LogP contribution >= 0.6 is 0 Å². The summed E-state index contributed by atoms with van der Waals surface area (Å²) < 4.78 is 0. The van der Waals surface area contributed by atoms with E-state index in [4.69, 9.17) is 0 Å². The van der Waals surface area contributed by atoms with Crippen LogP contribution in [0.5, 0.6) is 0 Å². The highest BCUT2D eigenvalue weighted by molar-refractivity contribution is 5.24. The van der Waals surface area contributed by atoms with Gasteiger partial charge in [-0.25, -0.2) is 0 Å². The molecule has 0 heterocycles. The van der Waals surface area contributed by atoms with Crippen molar-refractivity contribution in [2.24, 2.45) is 17.8 Å². The van der Waals surface area contributed by atoms with Crippen LogP contribution in [-0.2, 0) is 0 Å². The fraction of sp³-hybridized carbons (Fsp3) is 0.556. The molecule has 0 saturated carbocycles. The van der Waals surface area contributed by atoms with Crippen molar-refractivity contribution in [3.63, 3.8) is 0 Å². The van der Waals surface area contributed by atoms with Gasteiger partial charge in [0.25, 0.3) is 0 Å². The highest BCUT2D eigenvalue weighted by atomic mass is 14.3. The summed E-state index contributed by atoms with van der Waals surface area (Å²) in [6, 6.07) is 0. The Bertz CT molecular complexity index is 367. The first-order valence-corrected chi connectivity index (χ1v) is 7.50. The van der Waals surface area contributed by atoms with E-state index in [-0.39, 0.29) is 0 Å². The summed E-state index contributed by atoms with van der Waals surface area (Å²) in [4.78, 5) is 0. The van der Waals surface area contributed by atoms with Crippen molar-refractivity contribution in [3.05, 3.63) is 48.1 Å². The normalized spacial score (nSPS) is 25.9. The number of hydrogen-bond acceptors (Lipinski definition) is 0. The van der Waals surface area contributed by atoms with Gasteiger partial charge in [-0.1, -0.05) is 68.4 Å². The standard InChI is InChI=1S/C18H26/c1-3-15(2)14-18(16-10-6-4-7-11-16)17-12-8-5-9-13-17/h4-8,10,12,15-16,18H,3,9,11,13-14H2,1-2H3. The van der Waals surface area contributed by atoms with Gasteiger partial charge in [-0.3, -0.25) is 0 Å². The zero-order valence-corrected chi connectivity index (χ0v) is 11.8. The van der Waals surface area contributed by atoms with Gasteiger partial charge in [-0.2, -0.15) is 0 Å². The molecule has 0 saturated heterocycles. The van der Waals surface area contributed by atoms with Gasteiger partial charge in [0.05, 0.1) is 0 Å². The zero-order chi connectivity index (χ0) is 12.8. The molecule has 0 radical (unpaired) electrons. The number of allylic oxidation sites excluding steroid dienone is 8.